The summed E-state index contributed by atoms with van der Waals surface area (Å²) in [7, 11) is 0. The average molecular weight is 228 g/mol. The van der Waals surface area contributed by atoms with Crippen LogP contribution >= 0.6 is 0 Å². The molecule has 1 aromatic rings. The predicted molar refractivity (Wildman–Crippen MR) is 55.9 cm³/mol. The molecule has 1 aromatic heterocycles. The molecule has 3 N–H and O–H groups in total. The van der Waals surface area contributed by atoms with Gasteiger partial charge in [-0.2, -0.15) is 0 Å². The van der Waals surface area contributed by atoms with Crippen molar-refractivity contribution in [1.82, 2.24) is 10.3 Å². The molecule has 6 heteroatoms. The van der Waals surface area contributed by atoms with E-state index < -0.39 is 11.6 Å². The van der Waals surface area contributed by atoms with Gasteiger partial charge in [-0.1, -0.05) is 0 Å². The largest absolute Gasteiger partial charge is 0.479 e. The van der Waals surface area contributed by atoms with Crippen LogP contribution in [0.5, 0.6) is 0 Å². The van der Waals surface area contributed by atoms with Crippen molar-refractivity contribution in [3.05, 3.63) is 17.3 Å². The van der Waals surface area contributed by atoms with Gasteiger partial charge >= 0.3 is 5.97 Å². The lowest BCUT2D eigenvalue weighted by molar-refractivity contribution is -0.156. The Labute approximate surface area is 93.3 Å². The van der Waals surface area contributed by atoms with Crippen molar-refractivity contribution in [3.63, 3.8) is 0 Å². The van der Waals surface area contributed by atoms with Gasteiger partial charge in [-0.05, 0) is 20.8 Å². The Kier molecular flexibility index (Phi) is 3.66. The number of carbonyl (C=O) groups is 1. The normalized spacial score (nSPS) is 14.8. The zero-order chi connectivity index (χ0) is 12.3. The van der Waals surface area contributed by atoms with E-state index >= 15 is 0 Å². The number of hydrogen-bond acceptors (Lipinski definition) is 5. The number of aryl methyl sites for hydroxylation is 2. The zero-order valence-corrected chi connectivity index (χ0v) is 9.57. The molecule has 0 bridgehead atoms. The zero-order valence-electron chi connectivity index (χ0n) is 9.57. The minimum absolute atomic E-state index is 0.0667. The highest BCUT2D eigenvalue weighted by Gasteiger charge is 2.29. The third kappa shape index (κ3) is 3.04. The van der Waals surface area contributed by atoms with Gasteiger partial charge in [0.2, 0.25) is 5.89 Å². The molecular formula is C10H16N2O4. The van der Waals surface area contributed by atoms with Gasteiger partial charge in [0.05, 0.1) is 12.2 Å². The summed E-state index contributed by atoms with van der Waals surface area (Å²) in [5, 5.41) is 20.9. The minimum Gasteiger partial charge on any atom is -0.479 e. The second-order valence-electron chi connectivity index (χ2n) is 3.93. The van der Waals surface area contributed by atoms with Crippen molar-refractivity contribution in [1.29, 1.82) is 0 Å². The minimum atomic E-state index is -1.78. The molecule has 16 heavy (non-hydrogen) atoms. The van der Waals surface area contributed by atoms with Crippen molar-refractivity contribution >= 4 is 5.97 Å². The van der Waals surface area contributed by atoms with Crippen molar-refractivity contribution in [2.75, 3.05) is 6.54 Å². The lowest BCUT2D eigenvalue weighted by Gasteiger charge is -2.17. The Morgan fingerprint density at radius 2 is 2.19 bits per heavy atom. The van der Waals surface area contributed by atoms with Crippen LogP contribution in [0, 0.1) is 13.8 Å². The molecule has 0 aliphatic rings. The lowest BCUT2D eigenvalue weighted by atomic mass is 10.1. The summed E-state index contributed by atoms with van der Waals surface area (Å²) in [6.07, 6.45) is 0. The molecule has 1 unspecified atom stereocenters. The van der Waals surface area contributed by atoms with E-state index in [4.69, 9.17) is 9.52 Å². The molecule has 90 valence electrons. The molecule has 1 heterocycles. The first-order valence-electron chi connectivity index (χ1n) is 4.92. The third-order valence-corrected chi connectivity index (χ3v) is 2.28. The van der Waals surface area contributed by atoms with Crippen LogP contribution < -0.4 is 5.32 Å². The number of aliphatic carboxylic acids is 1. The maximum Gasteiger partial charge on any atom is 0.336 e. The summed E-state index contributed by atoms with van der Waals surface area (Å²) in [5.74, 6) is -0.0438. The first-order chi connectivity index (χ1) is 7.33. The highest BCUT2D eigenvalue weighted by molar-refractivity contribution is 5.76. The lowest BCUT2D eigenvalue weighted by Crippen LogP contribution is -2.44. The third-order valence-electron chi connectivity index (χ3n) is 2.28. The van der Waals surface area contributed by atoms with Gasteiger partial charge in [-0.3, -0.25) is 0 Å². The first kappa shape index (κ1) is 12.7. The molecule has 6 nitrogen and oxygen atoms in total. The number of rotatable bonds is 5. The molecule has 0 fully saturated rings. The van der Waals surface area contributed by atoms with E-state index in [-0.39, 0.29) is 13.1 Å². The van der Waals surface area contributed by atoms with Crippen LogP contribution in [0.2, 0.25) is 0 Å². The predicted octanol–water partition coefficient (Wildman–Crippen LogP) is 0.217. The summed E-state index contributed by atoms with van der Waals surface area (Å²) >= 11 is 0. The summed E-state index contributed by atoms with van der Waals surface area (Å²) in [6, 6.07) is 0. The number of carboxylic acid groups (broad SMARTS) is 1. The standard InChI is InChI=1S/C10H16N2O4/c1-6-7(2)16-8(12-6)4-11-5-10(3,15)9(13)14/h11,15H,4-5H2,1-3H3,(H,13,14). The number of nitrogens with one attached hydrogen (secondary N) is 1. The Bertz CT molecular complexity index is 365. The number of hydrogen-bond donors (Lipinski definition) is 3. The molecule has 0 saturated heterocycles. The van der Waals surface area contributed by atoms with Crippen molar-refractivity contribution in [2.24, 2.45) is 0 Å². The molecule has 0 saturated carbocycles. The molecule has 0 aromatic carbocycles. The summed E-state index contributed by atoms with van der Waals surface area (Å²) in [4.78, 5) is 14.7. The topological polar surface area (TPSA) is 95.6 Å². The number of carboxylic acids is 1. The fourth-order valence-electron chi connectivity index (χ4n) is 1.10. The molecule has 0 radical (unpaired) electrons. The van der Waals surface area contributed by atoms with Gasteiger partial charge in [-0.15, -0.1) is 0 Å². The number of oxazole rings is 1. The number of aliphatic hydroxyl groups is 1. The van der Waals surface area contributed by atoms with E-state index in [9.17, 15) is 9.90 Å². The van der Waals surface area contributed by atoms with Crippen LogP contribution in [-0.2, 0) is 11.3 Å². The highest BCUT2D eigenvalue weighted by Crippen LogP contribution is 2.08. The molecule has 0 spiro atoms. The number of nitrogens with zero attached hydrogens (tertiary/aromatic N) is 1. The van der Waals surface area contributed by atoms with Gasteiger partial charge in [0, 0.05) is 6.54 Å². The van der Waals surface area contributed by atoms with Crippen LogP contribution in [0.25, 0.3) is 0 Å². The van der Waals surface area contributed by atoms with Gasteiger partial charge in [0.25, 0.3) is 0 Å². The van der Waals surface area contributed by atoms with E-state index in [1.165, 1.54) is 6.92 Å². The van der Waals surface area contributed by atoms with Crippen LogP contribution in [0.4, 0.5) is 0 Å². The van der Waals surface area contributed by atoms with E-state index in [1.54, 1.807) is 6.92 Å². The van der Waals surface area contributed by atoms with Gasteiger partial charge in [0.15, 0.2) is 5.60 Å². The van der Waals surface area contributed by atoms with Gasteiger partial charge < -0.3 is 19.9 Å². The van der Waals surface area contributed by atoms with Crippen LogP contribution in [0.3, 0.4) is 0 Å². The molecule has 1 atom stereocenters. The molecule has 0 aliphatic heterocycles. The summed E-state index contributed by atoms with van der Waals surface area (Å²) < 4.78 is 5.29. The monoisotopic (exact) mass is 228 g/mol. The Morgan fingerprint density at radius 1 is 1.56 bits per heavy atom. The smallest absolute Gasteiger partial charge is 0.336 e. The highest BCUT2D eigenvalue weighted by atomic mass is 16.4. The van der Waals surface area contributed by atoms with E-state index in [2.05, 4.69) is 10.3 Å². The van der Waals surface area contributed by atoms with Crippen molar-refractivity contribution < 1.29 is 19.4 Å². The second-order valence-corrected chi connectivity index (χ2v) is 3.93. The fourth-order valence-corrected chi connectivity index (χ4v) is 1.10. The van der Waals surface area contributed by atoms with E-state index in [0.717, 1.165) is 11.5 Å². The fraction of sp³-hybridized carbons (Fsp3) is 0.600. The summed E-state index contributed by atoms with van der Waals surface area (Å²) in [6.45, 7) is 5.09. The van der Waals surface area contributed by atoms with Gasteiger partial charge in [0.1, 0.15) is 5.76 Å². The summed E-state index contributed by atoms with van der Waals surface area (Å²) in [5.41, 5.74) is -0.974. The molecule has 0 aliphatic carbocycles. The Balaban J connectivity index is 2.44. The molecule has 0 amide bonds. The average Bonchev–Trinajstić information content (AvgIpc) is 2.45. The molecular weight excluding hydrogens is 212 g/mol. The SMILES string of the molecule is Cc1nc(CNCC(C)(O)C(=O)O)oc1C. The molecule has 1 rings (SSSR count). The van der Waals surface area contributed by atoms with E-state index in [0.29, 0.717) is 5.89 Å². The van der Waals surface area contributed by atoms with Crippen LogP contribution in [-0.4, -0.2) is 33.3 Å². The van der Waals surface area contributed by atoms with Crippen molar-refractivity contribution in [2.45, 2.75) is 32.9 Å². The van der Waals surface area contributed by atoms with Gasteiger partial charge in [-0.25, -0.2) is 9.78 Å². The first-order valence-corrected chi connectivity index (χ1v) is 4.92. The second kappa shape index (κ2) is 4.63. The Hall–Kier alpha value is -1.40. The quantitative estimate of drug-likeness (QED) is 0.667. The Morgan fingerprint density at radius 3 is 2.62 bits per heavy atom. The van der Waals surface area contributed by atoms with Crippen LogP contribution in [0.15, 0.2) is 4.42 Å². The van der Waals surface area contributed by atoms with Crippen LogP contribution in [0.1, 0.15) is 24.3 Å². The number of aromatic nitrogens is 1. The van der Waals surface area contributed by atoms with Crippen molar-refractivity contribution in [3.8, 4) is 0 Å². The van der Waals surface area contributed by atoms with E-state index in [1.807, 2.05) is 6.92 Å². The maximum absolute atomic E-state index is 10.6. The maximum atomic E-state index is 10.6.